The van der Waals surface area contributed by atoms with Crippen molar-refractivity contribution in [3.05, 3.63) is 63.9 Å². The smallest absolute Gasteiger partial charge is 0.407 e. The van der Waals surface area contributed by atoms with Crippen LogP contribution in [0.15, 0.2) is 36.4 Å². The van der Waals surface area contributed by atoms with Gasteiger partial charge in [0.1, 0.15) is 11.9 Å². The van der Waals surface area contributed by atoms with Crippen LogP contribution in [0, 0.1) is 5.82 Å². The summed E-state index contributed by atoms with van der Waals surface area (Å²) in [5.41, 5.74) is 2.78. The number of halogens is 2. The van der Waals surface area contributed by atoms with Crippen LogP contribution in [0.5, 0.6) is 0 Å². The molecule has 1 fully saturated rings. The van der Waals surface area contributed by atoms with E-state index in [-0.39, 0.29) is 23.1 Å². The molecule has 7 heteroatoms. The number of carbonyl (C=O) groups excluding carboxylic acids is 2. The standard InChI is InChI=1S/C20H18ClFN2O3/c21-16-10-11(4-8-17(16)22)23-19(25)15-3-1-2-14-13(15)7-9-18(14)24-20(26)27-12-5-6-12/h1-4,8,10,12,18H,5-7,9H2,(H,23,25)(H,24,26)/t18-/m0/s1. The second kappa shape index (κ2) is 7.19. The van der Waals surface area contributed by atoms with Gasteiger partial charge in [-0.25, -0.2) is 9.18 Å². The number of amides is 2. The first kappa shape index (κ1) is 17.8. The Bertz CT molecular complexity index is 914. The number of ether oxygens (including phenoxy) is 1. The normalized spacial score (nSPS) is 17.9. The van der Waals surface area contributed by atoms with E-state index < -0.39 is 11.9 Å². The lowest BCUT2D eigenvalue weighted by Crippen LogP contribution is -2.28. The molecule has 0 bridgehead atoms. The Kier molecular flexibility index (Phi) is 4.74. The molecular formula is C20H18ClFN2O3. The average Bonchev–Trinajstić information content (AvgIpc) is 3.36. The first-order valence-electron chi connectivity index (χ1n) is 8.86. The van der Waals surface area contributed by atoms with Crippen molar-refractivity contribution in [2.45, 2.75) is 37.8 Å². The topological polar surface area (TPSA) is 67.4 Å². The SMILES string of the molecule is O=C(N[C@H]1CCc2c(C(=O)Nc3ccc(F)c(Cl)c3)cccc21)OC1CC1. The van der Waals surface area contributed by atoms with Crippen molar-refractivity contribution in [3.63, 3.8) is 0 Å². The molecule has 2 aromatic carbocycles. The van der Waals surface area contributed by atoms with E-state index in [2.05, 4.69) is 10.6 Å². The van der Waals surface area contributed by atoms with Crippen molar-refractivity contribution >= 4 is 29.3 Å². The van der Waals surface area contributed by atoms with Gasteiger partial charge in [-0.15, -0.1) is 0 Å². The third-order valence-electron chi connectivity index (χ3n) is 4.78. The maximum Gasteiger partial charge on any atom is 0.407 e. The largest absolute Gasteiger partial charge is 0.446 e. The minimum absolute atomic E-state index is 0.0468. The van der Waals surface area contributed by atoms with Crippen LogP contribution in [-0.4, -0.2) is 18.1 Å². The van der Waals surface area contributed by atoms with Crippen LogP contribution in [-0.2, 0) is 11.2 Å². The first-order chi connectivity index (χ1) is 13.0. The number of anilines is 1. The maximum atomic E-state index is 13.3. The van der Waals surface area contributed by atoms with Crippen molar-refractivity contribution in [3.8, 4) is 0 Å². The fourth-order valence-electron chi connectivity index (χ4n) is 3.30. The van der Waals surface area contributed by atoms with Crippen LogP contribution < -0.4 is 10.6 Å². The molecule has 5 nitrogen and oxygen atoms in total. The van der Waals surface area contributed by atoms with Crippen LogP contribution in [0.3, 0.4) is 0 Å². The Balaban J connectivity index is 1.50. The van der Waals surface area contributed by atoms with E-state index in [0.29, 0.717) is 24.1 Å². The summed E-state index contributed by atoms with van der Waals surface area (Å²) >= 11 is 5.77. The molecule has 2 aromatic rings. The van der Waals surface area contributed by atoms with Gasteiger partial charge in [0.2, 0.25) is 0 Å². The minimum atomic E-state index is -0.540. The number of fused-ring (bicyclic) bond motifs is 1. The zero-order valence-electron chi connectivity index (χ0n) is 14.4. The highest BCUT2D eigenvalue weighted by molar-refractivity contribution is 6.31. The van der Waals surface area contributed by atoms with E-state index in [1.54, 1.807) is 12.1 Å². The summed E-state index contributed by atoms with van der Waals surface area (Å²) in [6, 6.07) is 9.31. The van der Waals surface area contributed by atoms with Gasteiger partial charge in [-0.3, -0.25) is 4.79 Å². The summed E-state index contributed by atoms with van der Waals surface area (Å²) in [4.78, 5) is 24.6. The Morgan fingerprint density at radius 1 is 1.15 bits per heavy atom. The van der Waals surface area contributed by atoms with Crippen molar-refractivity contribution in [1.82, 2.24) is 5.32 Å². The van der Waals surface area contributed by atoms with Gasteiger partial charge < -0.3 is 15.4 Å². The predicted octanol–water partition coefficient (Wildman–Crippen LogP) is 4.61. The molecule has 4 rings (SSSR count). The van der Waals surface area contributed by atoms with Gasteiger partial charge in [0, 0.05) is 11.3 Å². The summed E-state index contributed by atoms with van der Waals surface area (Å²) in [6.45, 7) is 0. The lowest BCUT2D eigenvalue weighted by Gasteiger charge is -2.15. The third kappa shape index (κ3) is 3.90. The monoisotopic (exact) mass is 388 g/mol. The molecule has 2 aliphatic rings. The zero-order chi connectivity index (χ0) is 19.0. The molecule has 2 N–H and O–H groups in total. The fraction of sp³-hybridized carbons (Fsp3) is 0.300. The van der Waals surface area contributed by atoms with Crippen molar-refractivity contribution in [2.75, 3.05) is 5.32 Å². The molecule has 2 aliphatic carbocycles. The first-order valence-corrected chi connectivity index (χ1v) is 9.24. The fourth-order valence-corrected chi connectivity index (χ4v) is 3.48. The highest BCUT2D eigenvalue weighted by atomic mass is 35.5. The lowest BCUT2D eigenvalue weighted by atomic mass is 10.0. The Labute approximate surface area is 160 Å². The molecule has 1 saturated carbocycles. The van der Waals surface area contributed by atoms with Crippen LogP contribution in [0.25, 0.3) is 0 Å². The van der Waals surface area contributed by atoms with Crippen LogP contribution in [0.1, 0.15) is 46.8 Å². The summed E-state index contributed by atoms with van der Waals surface area (Å²) in [5.74, 6) is -0.835. The highest BCUT2D eigenvalue weighted by Crippen LogP contribution is 2.34. The molecule has 0 radical (unpaired) electrons. The van der Waals surface area contributed by atoms with Crippen molar-refractivity contribution < 1.29 is 18.7 Å². The molecule has 0 heterocycles. The molecule has 1 atom stereocenters. The second-order valence-electron chi connectivity index (χ2n) is 6.80. The number of hydrogen-bond donors (Lipinski definition) is 2. The molecule has 0 saturated heterocycles. The number of rotatable bonds is 4. The average molecular weight is 389 g/mol. The Morgan fingerprint density at radius 3 is 2.70 bits per heavy atom. The van der Waals surface area contributed by atoms with Crippen LogP contribution in [0.4, 0.5) is 14.9 Å². The maximum absolute atomic E-state index is 13.3. The number of nitrogens with one attached hydrogen (secondary N) is 2. The molecule has 0 unspecified atom stereocenters. The predicted molar refractivity (Wildman–Crippen MR) is 99.5 cm³/mol. The Morgan fingerprint density at radius 2 is 1.96 bits per heavy atom. The zero-order valence-corrected chi connectivity index (χ0v) is 15.2. The Hall–Kier alpha value is -2.60. The van der Waals surface area contributed by atoms with Gasteiger partial charge >= 0.3 is 6.09 Å². The van der Waals surface area contributed by atoms with E-state index in [1.807, 2.05) is 6.07 Å². The van der Waals surface area contributed by atoms with Gasteiger partial charge in [-0.2, -0.15) is 0 Å². The minimum Gasteiger partial charge on any atom is -0.446 e. The lowest BCUT2D eigenvalue weighted by molar-refractivity contribution is 0.102. The molecule has 0 spiro atoms. The van der Waals surface area contributed by atoms with E-state index in [4.69, 9.17) is 16.3 Å². The van der Waals surface area contributed by atoms with E-state index >= 15 is 0 Å². The number of carbonyl (C=O) groups is 2. The van der Waals surface area contributed by atoms with Crippen LogP contribution in [0.2, 0.25) is 5.02 Å². The number of alkyl carbamates (subject to hydrolysis) is 1. The van der Waals surface area contributed by atoms with E-state index in [0.717, 1.165) is 24.0 Å². The molecule has 2 amide bonds. The van der Waals surface area contributed by atoms with Gasteiger partial charge in [0.25, 0.3) is 5.91 Å². The van der Waals surface area contributed by atoms with Crippen molar-refractivity contribution in [1.29, 1.82) is 0 Å². The quantitative estimate of drug-likeness (QED) is 0.803. The second-order valence-corrected chi connectivity index (χ2v) is 7.20. The van der Waals surface area contributed by atoms with Crippen molar-refractivity contribution in [2.24, 2.45) is 0 Å². The molecular weight excluding hydrogens is 371 g/mol. The summed E-state index contributed by atoms with van der Waals surface area (Å²) in [7, 11) is 0. The van der Waals surface area contributed by atoms with E-state index in [1.165, 1.54) is 18.2 Å². The summed E-state index contributed by atoms with van der Waals surface area (Å²) in [5, 5.41) is 5.58. The summed E-state index contributed by atoms with van der Waals surface area (Å²) in [6.07, 6.45) is 2.87. The summed E-state index contributed by atoms with van der Waals surface area (Å²) < 4.78 is 18.5. The van der Waals surface area contributed by atoms with Crippen LogP contribution >= 0.6 is 11.6 Å². The van der Waals surface area contributed by atoms with Gasteiger partial charge in [-0.1, -0.05) is 23.7 Å². The number of benzene rings is 2. The van der Waals surface area contributed by atoms with E-state index in [9.17, 15) is 14.0 Å². The molecule has 27 heavy (non-hydrogen) atoms. The van der Waals surface area contributed by atoms with Gasteiger partial charge in [0.05, 0.1) is 11.1 Å². The number of hydrogen-bond acceptors (Lipinski definition) is 3. The molecule has 0 aliphatic heterocycles. The van der Waals surface area contributed by atoms with Gasteiger partial charge in [-0.05, 0) is 61.1 Å². The van der Waals surface area contributed by atoms with Gasteiger partial charge in [0.15, 0.2) is 0 Å². The highest BCUT2D eigenvalue weighted by Gasteiger charge is 2.31. The molecule has 140 valence electrons. The third-order valence-corrected chi connectivity index (χ3v) is 5.07. The molecule has 0 aromatic heterocycles.